The Bertz CT molecular complexity index is 566. The Balaban J connectivity index is 2.13. The number of thiophene rings is 1. The van der Waals surface area contributed by atoms with Gasteiger partial charge in [-0.1, -0.05) is 34.8 Å². The summed E-state index contributed by atoms with van der Waals surface area (Å²) in [7, 11) is 0. The van der Waals surface area contributed by atoms with Gasteiger partial charge in [-0.15, -0.1) is 11.3 Å². The normalized spacial score (nSPS) is 10.7. The molecule has 0 bridgehead atoms. The monoisotopic (exact) mass is 447 g/mol. The summed E-state index contributed by atoms with van der Waals surface area (Å²) < 4.78 is 2.11. The summed E-state index contributed by atoms with van der Waals surface area (Å²) in [6, 6.07) is 5.41. The second kappa shape index (κ2) is 6.33. The van der Waals surface area contributed by atoms with Crippen molar-refractivity contribution in [1.29, 1.82) is 0 Å². The SMILES string of the molecule is Clc1cc(Cl)c(NCc2cc(Br)c(Br)s2)cc1Cl. The first-order valence-electron chi connectivity index (χ1n) is 4.79. The lowest BCUT2D eigenvalue weighted by atomic mass is 10.3. The molecule has 1 aromatic carbocycles. The predicted molar refractivity (Wildman–Crippen MR) is 88.5 cm³/mol. The van der Waals surface area contributed by atoms with Crippen LogP contribution < -0.4 is 5.32 Å². The van der Waals surface area contributed by atoms with Crippen LogP contribution in [-0.4, -0.2) is 0 Å². The van der Waals surface area contributed by atoms with Gasteiger partial charge < -0.3 is 5.32 Å². The zero-order chi connectivity index (χ0) is 13.3. The highest BCUT2D eigenvalue weighted by Crippen LogP contribution is 2.35. The van der Waals surface area contributed by atoms with Gasteiger partial charge in [0.1, 0.15) is 0 Å². The van der Waals surface area contributed by atoms with Crippen LogP contribution in [0.15, 0.2) is 26.5 Å². The highest BCUT2D eigenvalue weighted by molar-refractivity contribution is 9.13. The molecule has 0 saturated heterocycles. The third kappa shape index (κ3) is 3.56. The van der Waals surface area contributed by atoms with Crippen LogP contribution in [0.5, 0.6) is 0 Å². The number of anilines is 1. The second-order valence-corrected chi connectivity index (χ2v) is 7.96. The fourth-order valence-corrected chi connectivity index (χ4v) is 4.05. The molecular weight excluding hydrogens is 444 g/mol. The number of hydrogen-bond acceptors (Lipinski definition) is 2. The molecule has 96 valence electrons. The zero-order valence-electron chi connectivity index (χ0n) is 8.74. The van der Waals surface area contributed by atoms with Crippen LogP contribution in [0.1, 0.15) is 4.88 Å². The Labute approximate surface area is 141 Å². The van der Waals surface area contributed by atoms with E-state index in [1.807, 2.05) is 6.07 Å². The molecule has 0 amide bonds. The minimum absolute atomic E-state index is 0.453. The van der Waals surface area contributed by atoms with Gasteiger partial charge in [-0.3, -0.25) is 0 Å². The largest absolute Gasteiger partial charge is 0.379 e. The smallest absolute Gasteiger partial charge is 0.0843 e. The maximum absolute atomic E-state index is 6.08. The minimum Gasteiger partial charge on any atom is -0.379 e. The number of benzene rings is 1. The van der Waals surface area contributed by atoms with E-state index >= 15 is 0 Å². The number of nitrogens with one attached hydrogen (secondary N) is 1. The summed E-state index contributed by atoms with van der Waals surface area (Å²) in [5.41, 5.74) is 0.770. The van der Waals surface area contributed by atoms with Gasteiger partial charge in [0.15, 0.2) is 0 Å². The van der Waals surface area contributed by atoms with Crippen LogP contribution in [0, 0.1) is 0 Å². The van der Waals surface area contributed by atoms with Gasteiger partial charge in [0.2, 0.25) is 0 Å². The van der Waals surface area contributed by atoms with Gasteiger partial charge in [-0.2, -0.15) is 0 Å². The topological polar surface area (TPSA) is 12.0 Å². The predicted octanol–water partition coefficient (Wildman–Crippen LogP) is 6.85. The molecule has 1 nitrogen and oxygen atoms in total. The molecule has 0 unspecified atom stereocenters. The molecule has 0 atom stereocenters. The van der Waals surface area contributed by atoms with E-state index in [1.165, 1.54) is 4.88 Å². The lowest BCUT2D eigenvalue weighted by Crippen LogP contribution is -1.98. The summed E-state index contributed by atoms with van der Waals surface area (Å²) in [6.07, 6.45) is 0. The molecule has 1 aromatic heterocycles. The van der Waals surface area contributed by atoms with E-state index in [9.17, 15) is 0 Å². The fourth-order valence-electron chi connectivity index (χ4n) is 1.32. The number of halogens is 5. The Kier molecular flexibility index (Phi) is 5.26. The van der Waals surface area contributed by atoms with Crippen molar-refractivity contribution < 1.29 is 0 Å². The standard InChI is InChI=1S/C11H6Br2Cl3NS/c12-6-1-5(18-11(6)13)4-17-10-3-8(15)7(14)2-9(10)16/h1-3,17H,4H2. The van der Waals surface area contributed by atoms with E-state index in [4.69, 9.17) is 34.8 Å². The molecule has 0 saturated carbocycles. The van der Waals surface area contributed by atoms with Gasteiger partial charge in [0.25, 0.3) is 0 Å². The Morgan fingerprint density at radius 2 is 1.67 bits per heavy atom. The molecule has 0 aliphatic carbocycles. The highest BCUT2D eigenvalue weighted by atomic mass is 79.9. The average molecular weight is 450 g/mol. The first kappa shape index (κ1) is 14.9. The van der Waals surface area contributed by atoms with Crippen LogP contribution in [-0.2, 0) is 6.54 Å². The van der Waals surface area contributed by atoms with Crippen molar-refractivity contribution in [2.75, 3.05) is 5.32 Å². The Morgan fingerprint density at radius 3 is 2.28 bits per heavy atom. The molecule has 18 heavy (non-hydrogen) atoms. The van der Waals surface area contributed by atoms with Crippen LogP contribution in [0.3, 0.4) is 0 Å². The number of hydrogen-bond donors (Lipinski definition) is 1. The Hall–Kier alpha value is 0.550. The number of rotatable bonds is 3. The summed E-state index contributed by atoms with van der Waals surface area (Å²) in [5.74, 6) is 0. The maximum atomic E-state index is 6.08. The summed E-state index contributed by atoms with van der Waals surface area (Å²) >= 11 is 26.5. The molecule has 0 radical (unpaired) electrons. The summed E-state index contributed by atoms with van der Waals surface area (Å²) in [5, 5.41) is 4.72. The lowest BCUT2D eigenvalue weighted by Gasteiger charge is -2.08. The van der Waals surface area contributed by atoms with Crippen LogP contribution in [0.4, 0.5) is 5.69 Å². The van der Waals surface area contributed by atoms with Crippen LogP contribution in [0.25, 0.3) is 0 Å². The molecule has 2 aromatic rings. The van der Waals surface area contributed by atoms with Gasteiger partial charge in [0, 0.05) is 15.9 Å². The average Bonchev–Trinajstić information content (AvgIpc) is 2.62. The van der Waals surface area contributed by atoms with Gasteiger partial charge in [0.05, 0.1) is 24.5 Å². The quantitative estimate of drug-likeness (QED) is 0.505. The van der Waals surface area contributed by atoms with Crippen LogP contribution in [0.2, 0.25) is 15.1 Å². The van der Waals surface area contributed by atoms with Gasteiger partial charge >= 0.3 is 0 Å². The summed E-state index contributed by atoms with van der Waals surface area (Å²) in [6.45, 7) is 0.673. The molecule has 0 aliphatic heterocycles. The van der Waals surface area contributed by atoms with Crippen molar-refractivity contribution >= 4 is 83.7 Å². The maximum Gasteiger partial charge on any atom is 0.0843 e. The molecular formula is C11H6Br2Cl3NS. The van der Waals surface area contributed by atoms with E-state index in [2.05, 4.69) is 37.2 Å². The minimum atomic E-state index is 0.453. The fraction of sp³-hybridized carbons (Fsp3) is 0.0909. The molecule has 0 aliphatic rings. The van der Waals surface area contributed by atoms with Crippen LogP contribution >= 0.6 is 78.0 Å². The first-order valence-corrected chi connectivity index (χ1v) is 8.33. The lowest BCUT2D eigenvalue weighted by molar-refractivity contribution is 1.19. The van der Waals surface area contributed by atoms with Gasteiger partial charge in [-0.05, 0) is 50.1 Å². The first-order chi connectivity index (χ1) is 8.47. The zero-order valence-corrected chi connectivity index (χ0v) is 15.0. The Morgan fingerprint density at radius 1 is 1.00 bits per heavy atom. The van der Waals surface area contributed by atoms with Crippen molar-refractivity contribution in [3.63, 3.8) is 0 Å². The molecule has 0 spiro atoms. The van der Waals surface area contributed by atoms with E-state index in [0.717, 1.165) is 13.9 Å². The molecule has 7 heteroatoms. The van der Waals surface area contributed by atoms with Crippen molar-refractivity contribution in [1.82, 2.24) is 0 Å². The van der Waals surface area contributed by atoms with Crippen molar-refractivity contribution in [3.8, 4) is 0 Å². The molecule has 0 fully saturated rings. The van der Waals surface area contributed by atoms with Gasteiger partial charge in [-0.25, -0.2) is 0 Å². The molecule has 1 N–H and O–H groups in total. The van der Waals surface area contributed by atoms with E-state index in [1.54, 1.807) is 23.5 Å². The van der Waals surface area contributed by atoms with Crippen molar-refractivity contribution in [3.05, 3.63) is 46.4 Å². The highest BCUT2D eigenvalue weighted by Gasteiger charge is 2.08. The molecule has 2 rings (SSSR count). The molecule has 1 heterocycles. The van der Waals surface area contributed by atoms with Crippen molar-refractivity contribution in [2.24, 2.45) is 0 Å². The second-order valence-electron chi connectivity index (χ2n) is 3.43. The van der Waals surface area contributed by atoms with E-state index in [0.29, 0.717) is 21.6 Å². The third-order valence-corrected chi connectivity index (χ3v) is 6.45. The van der Waals surface area contributed by atoms with E-state index in [-0.39, 0.29) is 0 Å². The third-order valence-electron chi connectivity index (χ3n) is 2.16. The van der Waals surface area contributed by atoms with E-state index < -0.39 is 0 Å². The van der Waals surface area contributed by atoms with Crippen molar-refractivity contribution in [2.45, 2.75) is 6.54 Å². The summed E-state index contributed by atoms with van der Waals surface area (Å²) in [4.78, 5) is 1.18.